The van der Waals surface area contributed by atoms with E-state index in [9.17, 15) is 0 Å². The first-order valence-electron chi connectivity index (χ1n) is 9.20. The number of imidazole rings is 1. The fourth-order valence-electron chi connectivity index (χ4n) is 3.72. The second-order valence-corrected chi connectivity index (χ2v) is 6.80. The summed E-state index contributed by atoms with van der Waals surface area (Å²) in [4.78, 5) is 12.9. The zero-order valence-corrected chi connectivity index (χ0v) is 14.9. The Hall–Kier alpha value is -3.92. The molecule has 0 aliphatic carbocycles. The third-order valence-corrected chi connectivity index (χ3v) is 5.08. The van der Waals surface area contributed by atoms with Crippen molar-refractivity contribution in [3.63, 3.8) is 0 Å². The Bertz CT molecular complexity index is 1430. The molecular weight excluding hydrogens is 346 g/mol. The number of rotatable bonds is 2. The molecule has 0 amide bonds. The highest BCUT2D eigenvalue weighted by molar-refractivity contribution is 6.08. The molecule has 4 nitrogen and oxygen atoms in total. The molecule has 0 aliphatic heterocycles. The van der Waals surface area contributed by atoms with Crippen LogP contribution < -0.4 is 0 Å². The minimum atomic E-state index is 0.639. The number of furan rings is 1. The Morgan fingerprint density at radius 1 is 0.679 bits per heavy atom. The number of nitrogens with one attached hydrogen (secondary N) is 1. The van der Waals surface area contributed by atoms with Crippen molar-refractivity contribution in [1.82, 2.24) is 15.0 Å². The third-order valence-electron chi connectivity index (χ3n) is 5.08. The highest BCUT2D eigenvalue weighted by Crippen LogP contribution is 2.35. The number of hydrogen-bond donors (Lipinski definition) is 1. The van der Waals surface area contributed by atoms with Crippen molar-refractivity contribution in [2.45, 2.75) is 0 Å². The highest BCUT2D eigenvalue weighted by Gasteiger charge is 2.16. The van der Waals surface area contributed by atoms with E-state index >= 15 is 0 Å². The van der Waals surface area contributed by atoms with Crippen LogP contribution in [0.4, 0.5) is 0 Å². The molecule has 0 saturated heterocycles. The van der Waals surface area contributed by atoms with Gasteiger partial charge < -0.3 is 9.40 Å². The first-order chi connectivity index (χ1) is 13.9. The molecule has 3 aromatic carbocycles. The van der Waals surface area contributed by atoms with Crippen LogP contribution in [0.15, 0.2) is 89.3 Å². The molecule has 0 bridgehead atoms. The highest BCUT2D eigenvalue weighted by atomic mass is 16.3. The van der Waals surface area contributed by atoms with Crippen LogP contribution >= 0.6 is 0 Å². The van der Waals surface area contributed by atoms with Crippen LogP contribution in [-0.4, -0.2) is 15.0 Å². The molecule has 0 fully saturated rings. The molecule has 0 aliphatic rings. The molecule has 1 N–H and O–H groups in total. The number of aromatic nitrogens is 3. The minimum Gasteiger partial charge on any atom is -0.437 e. The molecule has 3 aromatic heterocycles. The van der Waals surface area contributed by atoms with E-state index in [0.717, 1.165) is 50.0 Å². The van der Waals surface area contributed by atoms with Gasteiger partial charge in [0.25, 0.3) is 0 Å². The van der Waals surface area contributed by atoms with Crippen molar-refractivity contribution < 1.29 is 4.42 Å². The molecular formula is C24H15N3O. The van der Waals surface area contributed by atoms with Crippen LogP contribution in [0.5, 0.6) is 0 Å². The van der Waals surface area contributed by atoms with Crippen molar-refractivity contribution in [3.05, 3.63) is 84.9 Å². The SMILES string of the molecule is c1ccc(-c2ccc3c(n2)oc2c(-c4nc5ccccc5[nH]4)cccc23)cc1. The summed E-state index contributed by atoms with van der Waals surface area (Å²) in [7, 11) is 0. The quantitative estimate of drug-likeness (QED) is 0.400. The maximum Gasteiger partial charge on any atom is 0.227 e. The summed E-state index contributed by atoms with van der Waals surface area (Å²) in [6.45, 7) is 0. The number of fused-ring (bicyclic) bond motifs is 4. The second-order valence-electron chi connectivity index (χ2n) is 6.80. The molecule has 3 heterocycles. The Balaban J connectivity index is 1.58. The Kier molecular flexibility index (Phi) is 3.14. The molecule has 6 aromatic rings. The van der Waals surface area contributed by atoms with E-state index in [0.29, 0.717) is 5.71 Å². The minimum absolute atomic E-state index is 0.639. The van der Waals surface area contributed by atoms with Crippen molar-refractivity contribution in [1.29, 1.82) is 0 Å². The zero-order valence-electron chi connectivity index (χ0n) is 14.9. The van der Waals surface area contributed by atoms with Gasteiger partial charge in [-0.1, -0.05) is 54.6 Å². The Labute approximate surface area is 160 Å². The number of pyridine rings is 1. The first-order valence-corrected chi connectivity index (χ1v) is 9.20. The van der Waals surface area contributed by atoms with E-state index in [4.69, 9.17) is 14.4 Å². The summed E-state index contributed by atoms with van der Waals surface area (Å²) < 4.78 is 6.23. The van der Waals surface area contributed by atoms with Crippen molar-refractivity contribution >= 4 is 33.1 Å². The summed E-state index contributed by atoms with van der Waals surface area (Å²) in [5.74, 6) is 0.800. The summed E-state index contributed by atoms with van der Waals surface area (Å²) in [5, 5.41) is 2.05. The summed E-state index contributed by atoms with van der Waals surface area (Å²) in [6, 6.07) is 28.4. The van der Waals surface area contributed by atoms with Crippen LogP contribution in [0.2, 0.25) is 0 Å². The maximum atomic E-state index is 6.23. The van der Waals surface area contributed by atoms with Gasteiger partial charge in [-0.05, 0) is 30.3 Å². The van der Waals surface area contributed by atoms with Gasteiger partial charge in [0.1, 0.15) is 11.4 Å². The van der Waals surface area contributed by atoms with Crippen LogP contribution in [0, 0.1) is 0 Å². The van der Waals surface area contributed by atoms with E-state index < -0.39 is 0 Å². The fraction of sp³-hybridized carbons (Fsp3) is 0. The summed E-state index contributed by atoms with van der Waals surface area (Å²) >= 11 is 0. The monoisotopic (exact) mass is 361 g/mol. The number of para-hydroxylation sites is 3. The number of hydrogen-bond acceptors (Lipinski definition) is 3. The lowest BCUT2D eigenvalue weighted by Crippen LogP contribution is -1.82. The molecule has 28 heavy (non-hydrogen) atoms. The van der Waals surface area contributed by atoms with Gasteiger partial charge in [-0.15, -0.1) is 0 Å². The van der Waals surface area contributed by atoms with Crippen LogP contribution in [-0.2, 0) is 0 Å². The van der Waals surface area contributed by atoms with Gasteiger partial charge >= 0.3 is 0 Å². The predicted molar refractivity (Wildman–Crippen MR) is 112 cm³/mol. The lowest BCUT2D eigenvalue weighted by atomic mass is 10.1. The van der Waals surface area contributed by atoms with E-state index in [1.54, 1.807) is 0 Å². The second kappa shape index (κ2) is 5.79. The lowest BCUT2D eigenvalue weighted by molar-refractivity contribution is 0.655. The van der Waals surface area contributed by atoms with Gasteiger partial charge in [0.2, 0.25) is 5.71 Å². The predicted octanol–water partition coefficient (Wildman–Crippen LogP) is 6.19. The average molecular weight is 361 g/mol. The molecule has 0 unspecified atom stereocenters. The van der Waals surface area contributed by atoms with Crippen LogP contribution in [0.1, 0.15) is 0 Å². The first kappa shape index (κ1) is 15.2. The van der Waals surface area contributed by atoms with E-state index in [1.165, 1.54) is 0 Å². The number of benzene rings is 3. The molecule has 4 heteroatoms. The van der Waals surface area contributed by atoms with Gasteiger partial charge in [-0.2, -0.15) is 0 Å². The lowest BCUT2D eigenvalue weighted by Gasteiger charge is -1.99. The van der Waals surface area contributed by atoms with Gasteiger partial charge in [-0.3, -0.25) is 0 Å². The van der Waals surface area contributed by atoms with E-state index in [1.807, 2.05) is 60.7 Å². The standard InChI is InChI=1S/C24H15N3O/c1-2-7-15(8-3-1)19-14-13-17-16-9-6-10-18(22(16)28-24(17)27-19)23-25-20-11-4-5-12-21(20)26-23/h1-14H,(H,25,26). The van der Waals surface area contributed by atoms with Gasteiger partial charge in [-0.25, -0.2) is 9.97 Å². The smallest absolute Gasteiger partial charge is 0.227 e. The van der Waals surface area contributed by atoms with Crippen molar-refractivity contribution in [2.75, 3.05) is 0 Å². The van der Waals surface area contributed by atoms with E-state index in [-0.39, 0.29) is 0 Å². The van der Waals surface area contributed by atoms with Crippen LogP contribution in [0.25, 0.3) is 55.7 Å². The van der Waals surface area contributed by atoms with Crippen molar-refractivity contribution in [3.8, 4) is 22.6 Å². The molecule has 0 spiro atoms. The normalized spacial score (nSPS) is 11.6. The van der Waals surface area contributed by atoms with Gasteiger partial charge in [0, 0.05) is 16.3 Å². The zero-order chi connectivity index (χ0) is 18.5. The largest absolute Gasteiger partial charge is 0.437 e. The number of nitrogens with zero attached hydrogens (tertiary/aromatic N) is 2. The van der Waals surface area contributed by atoms with Gasteiger partial charge in [0.05, 0.1) is 22.3 Å². The molecule has 6 rings (SSSR count). The topological polar surface area (TPSA) is 54.7 Å². The Morgan fingerprint density at radius 3 is 2.43 bits per heavy atom. The molecule has 0 radical (unpaired) electrons. The summed E-state index contributed by atoms with van der Waals surface area (Å²) in [5.41, 5.74) is 6.30. The molecule has 0 atom stereocenters. The molecule has 132 valence electrons. The number of aromatic amines is 1. The summed E-state index contributed by atoms with van der Waals surface area (Å²) in [6.07, 6.45) is 0. The maximum absolute atomic E-state index is 6.23. The number of H-pyrrole nitrogens is 1. The average Bonchev–Trinajstić information content (AvgIpc) is 3.35. The van der Waals surface area contributed by atoms with Crippen molar-refractivity contribution in [2.24, 2.45) is 0 Å². The Morgan fingerprint density at radius 2 is 1.54 bits per heavy atom. The van der Waals surface area contributed by atoms with Gasteiger partial charge in [0.15, 0.2) is 0 Å². The third kappa shape index (κ3) is 2.25. The molecule has 0 saturated carbocycles. The fourth-order valence-corrected chi connectivity index (χ4v) is 3.72. The van der Waals surface area contributed by atoms with Crippen LogP contribution in [0.3, 0.4) is 0 Å². The van der Waals surface area contributed by atoms with E-state index in [2.05, 4.69) is 29.2 Å².